The van der Waals surface area contributed by atoms with Gasteiger partial charge in [0, 0.05) is 13.1 Å². The molecule has 0 unspecified atom stereocenters. The lowest BCUT2D eigenvalue weighted by Crippen LogP contribution is -2.15. The number of benzene rings is 2. The smallest absolute Gasteiger partial charge is 0.142 e. The van der Waals surface area contributed by atoms with Crippen LogP contribution in [-0.2, 0) is 18.0 Å². The lowest BCUT2D eigenvalue weighted by atomic mass is 10.2. The molecular formula is C16H18N2O. The van der Waals surface area contributed by atoms with Gasteiger partial charge in [-0.25, -0.2) is 0 Å². The fourth-order valence-corrected chi connectivity index (χ4v) is 1.65. The van der Waals surface area contributed by atoms with Gasteiger partial charge in [0.2, 0.25) is 0 Å². The van der Waals surface area contributed by atoms with E-state index in [4.69, 9.17) is 4.84 Å². The number of nitrogens with zero attached hydrogens (tertiary/aromatic N) is 1. The first-order chi connectivity index (χ1) is 9.45. The molecule has 3 heteroatoms. The molecule has 2 aromatic rings. The van der Waals surface area contributed by atoms with Crippen molar-refractivity contribution in [3.8, 4) is 0 Å². The summed E-state index contributed by atoms with van der Waals surface area (Å²) in [6.07, 6.45) is 1.74. The first kappa shape index (κ1) is 13.3. The molecule has 0 aliphatic carbocycles. The van der Waals surface area contributed by atoms with Gasteiger partial charge in [-0.2, -0.15) is 0 Å². The van der Waals surface area contributed by atoms with Crippen LogP contribution in [0.1, 0.15) is 11.1 Å². The molecule has 0 aliphatic rings. The van der Waals surface area contributed by atoms with Crippen molar-refractivity contribution in [3.05, 3.63) is 71.8 Å². The normalized spacial score (nSPS) is 10.7. The van der Waals surface area contributed by atoms with Gasteiger partial charge < -0.3 is 10.2 Å². The molecule has 0 atom stereocenters. The molecule has 0 saturated carbocycles. The fraction of sp³-hybridized carbons (Fsp3) is 0.188. The van der Waals surface area contributed by atoms with Gasteiger partial charge in [-0.3, -0.25) is 0 Å². The molecule has 0 saturated heterocycles. The van der Waals surface area contributed by atoms with Crippen LogP contribution in [0.4, 0.5) is 0 Å². The summed E-state index contributed by atoms with van der Waals surface area (Å²) in [4.78, 5) is 5.20. The molecule has 1 N–H and O–H groups in total. The SMILES string of the molecule is C(CNCc1ccccc1)=NOCc1ccccc1. The van der Waals surface area contributed by atoms with Gasteiger partial charge in [-0.05, 0) is 11.1 Å². The predicted molar refractivity (Wildman–Crippen MR) is 77.9 cm³/mol. The Hall–Kier alpha value is -2.13. The van der Waals surface area contributed by atoms with Crippen molar-refractivity contribution in [2.24, 2.45) is 5.16 Å². The van der Waals surface area contributed by atoms with Crippen LogP contribution in [0.3, 0.4) is 0 Å². The second kappa shape index (κ2) is 8.06. The van der Waals surface area contributed by atoms with Crippen LogP contribution in [0.2, 0.25) is 0 Å². The van der Waals surface area contributed by atoms with Gasteiger partial charge >= 0.3 is 0 Å². The van der Waals surface area contributed by atoms with E-state index in [0.717, 1.165) is 12.1 Å². The minimum atomic E-state index is 0.510. The van der Waals surface area contributed by atoms with Crippen LogP contribution in [0.15, 0.2) is 65.8 Å². The average molecular weight is 254 g/mol. The quantitative estimate of drug-likeness (QED) is 0.468. The molecule has 0 amide bonds. The number of oxime groups is 1. The van der Waals surface area contributed by atoms with Crippen LogP contribution in [0, 0.1) is 0 Å². The van der Waals surface area contributed by atoms with Crippen LogP contribution in [-0.4, -0.2) is 12.8 Å². The van der Waals surface area contributed by atoms with E-state index in [-0.39, 0.29) is 0 Å². The zero-order chi connectivity index (χ0) is 13.2. The Balaban J connectivity index is 1.57. The Bertz CT molecular complexity index is 483. The molecule has 0 aliphatic heterocycles. The molecule has 0 bridgehead atoms. The summed E-state index contributed by atoms with van der Waals surface area (Å²) in [5, 5.41) is 7.18. The van der Waals surface area contributed by atoms with Gasteiger partial charge in [-0.1, -0.05) is 65.8 Å². The van der Waals surface area contributed by atoms with E-state index in [1.807, 2.05) is 48.5 Å². The highest BCUT2D eigenvalue weighted by Crippen LogP contribution is 2.00. The van der Waals surface area contributed by atoms with E-state index in [2.05, 4.69) is 22.6 Å². The maximum atomic E-state index is 5.20. The summed E-state index contributed by atoms with van der Waals surface area (Å²) in [5.74, 6) is 0. The van der Waals surface area contributed by atoms with Crippen LogP contribution in [0.5, 0.6) is 0 Å². The standard InChI is InChI=1S/C16H18N2O/c1-3-7-15(8-4-1)13-17-11-12-18-19-14-16-9-5-2-6-10-16/h1-10,12,17H,11,13-14H2. The number of hydrogen-bond acceptors (Lipinski definition) is 3. The lowest BCUT2D eigenvalue weighted by molar-refractivity contribution is 0.131. The maximum Gasteiger partial charge on any atom is 0.142 e. The third kappa shape index (κ3) is 5.36. The van der Waals surface area contributed by atoms with E-state index in [0.29, 0.717) is 13.2 Å². The summed E-state index contributed by atoms with van der Waals surface area (Å²) >= 11 is 0. The van der Waals surface area contributed by atoms with Crippen molar-refractivity contribution >= 4 is 6.21 Å². The Kier molecular flexibility index (Phi) is 5.64. The van der Waals surface area contributed by atoms with Crippen molar-refractivity contribution in [1.82, 2.24) is 5.32 Å². The summed E-state index contributed by atoms with van der Waals surface area (Å²) in [5.41, 5.74) is 2.39. The van der Waals surface area contributed by atoms with Gasteiger partial charge in [0.25, 0.3) is 0 Å². The van der Waals surface area contributed by atoms with E-state index in [9.17, 15) is 0 Å². The van der Waals surface area contributed by atoms with E-state index < -0.39 is 0 Å². The third-order valence-corrected chi connectivity index (χ3v) is 2.63. The number of nitrogens with one attached hydrogen (secondary N) is 1. The monoisotopic (exact) mass is 254 g/mol. The van der Waals surface area contributed by atoms with Crippen molar-refractivity contribution in [3.63, 3.8) is 0 Å². The van der Waals surface area contributed by atoms with Gasteiger partial charge in [0.05, 0.1) is 6.21 Å². The fourth-order valence-electron chi connectivity index (χ4n) is 1.65. The first-order valence-electron chi connectivity index (χ1n) is 6.37. The highest BCUT2D eigenvalue weighted by molar-refractivity contribution is 5.58. The molecule has 19 heavy (non-hydrogen) atoms. The number of rotatable bonds is 7. The summed E-state index contributed by atoms with van der Waals surface area (Å²) in [6, 6.07) is 20.3. The van der Waals surface area contributed by atoms with Crippen molar-refractivity contribution in [2.75, 3.05) is 6.54 Å². The minimum absolute atomic E-state index is 0.510. The zero-order valence-corrected chi connectivity index (χ0v) is 10.8. The molecule has 0 heterocycles. The van der Waals surface area contributed by atoms with Gasteiger partial charge in [-0.15, -0.1) is 0 Å². The summed E-state index contributed by atoms with van der Waals surface area (Å²) < 4.78 is 0. The molecule has 0 radical (unpaired) electrons. The summed E-state index contributed by atoms with van der Waals surface area (Å²) in [6.45, 7) is 2.05. The molecule has 98 valence electrons. The van der Waals surface area contributed by atoms with Crippen LogP contribution < -0.4 is 5.32 Å². The Labute approximate surface area is 113 Å². The average Bonchev–Trinajstić information content (AvgIpc) is 2.48. The Morgan fingerprint density at radius 1 is 0.895 bits per heavy atom. The van der Waals surface area contributed by atoms with Gasteiger partial charge in [0.15, 0.2) is 0 Å². The molecule has 0 spiro atoms. The van der Waals surface area contributed by atoms with E-state index >= 15 is 0 Å². The zero-order valence-electron chi connectivity index (χ0n) is 10.8. The van der Waals surface area contributed by atoms with Crippen molar-refractivity contribution < 1.29 is 4.84 Å². The Morgan fingerprint density at radius 3 is 2.21 bits per heavy atom. The van der Waals surface area contributed by atoms with Crippen LogP contribution in [0.25, 0.3) is 0 Å². The minimum Gasteiger partial charge on any atom is -0.391 e. The number of hydrogen-bond donors (Lipinski definition) is 1. The largest absolute Gasteiger partial charge is 0.391 e. The van der Waals surface area contributed by atoms with E-state index in [1.165, 1.54) is 5.56 Å². The molecule has 2 aromatic carbocycles. The lowest BCUT2D eigenvalue weighted by Gasteiger charge is -2.01. The van der Waals surface area contributed by atoms with Crippen molar-refractivity contribution in [1.29, 1.82) is 0 Å². The summed E-state index contributed by atoms with van der Waals surface area (Å²) in [7, 11) is 0. The molecule has 0 aromatic heterocycles. The van der Waals surface area contributed by atoms with Crippen LogP contribution >= 0.6 is 0 Å². The molecule has 3 nitrogen and oxygen atoms in total. The second-order valence-corrected chi connectivity index (χ2v) is 4.16. The van der Waals surface area contributed by atoms with Crippen molar-refractivity contribution in [2.45, 2.75) is 13.2 Å². The third-order valence-electron chi connectivity index (χ3n) is 2.63. The predicted octanol–water partition coefficient (Wildman–Crippen LogP) is 2.98. The second-order valence-electron chi connectivity index (χ2n) is 4.16. The highest BCUT2D eigenvalue weighted by Gasteiger charge is 1.90. The molecule has 2 rings (SSSR count). The molecule has 0 fully saturated rings. The Morgan fingerprint density at radius 2 is 1.53 bits per heavy atom. The highest BCUT2D eigenvalue weighted by atomic mass is 16.6. The first-order valence-corrected chi connectivity index (χ1v) is 6.37. The van der Waals surface area contributed by atoms with E-state index in [1.54, 1.807) is 6.21 Å². The van der Waals surface area contributed by atoms with Gasteiger partial charge in [0.1, 0.15) is 6.61 Å². The molecular weight excluding hydrogens is 236 g/mol. The topological polar surface area (TPSA) is 33.6 Å². The maximum absolute atomic E-state index is 5.20.